The zero-order chi connectivity index (χ0) is 15.0. The maximum absolute atomic E-state index is 13.9. The van der Waals surface area contributed by atoms with Crippen molar-refractivity contribution in [3.63, 3.8) is 0 Å². The molecule has 2 N–H and O–H groups in total. The number of rotatable bonds is 4. The molecule has 1 rings (SSSR count). The average Bonchev–Trinajstić information content (AvgIpc) is 2.32. The minimum absolute atomic E-state index is 0.183. The first kappa shape index (κ1) is 16.4. The van der Waals surface area contributed by atoms with Gasteiger partial charge in [0, 0.05) is 22.7 Å². The third-order valence-electron chi connectivity index (χ3n) is 3.41. The van der Waals surface area contributed by atoms with Crippen molar-refractivity contribution in [1.82, 2.24) is 4.31 Å². The first-order valence-electron chi connectivity index (χ1n) is 5.77. The highest BCUT2D eigenvalue weighted by Gasteiger charge is 2.34. The van der Waals surface area contributed by atoms with E-state index >= 15 is 0 Å². The second kappa shape index (κ2) is 5.38. The van der Waals surface area contributed by atoms with Crippen LogP contribution in [0.15, 0.2) is 21.5 Å². The third-order valence-corrected chi connectivity index (χ3v) is 6.18. The topological polar surface area (TPSA) is 63.4 Å². The van der Waals surface area contributed by atoms with Gasteiger partial charge in [-0.2, -0.15) is 4.31 Å². The van der Waals surface area contributed by atoms with Gasteiger partial charge >= 0.3 is 0 Å². The van der Waals surface area contributed by atoms with E-state index in [1.807, 2.05) is 6.92 Å². The fourth-order valence-electron chi connectivity index (χ4n) is 1.44. The summed E-state index contributed by atoms with van der Waals surface area (Å²) in [4.78, 5) is -0.405. The first-order chi connectivity index (χ1) is 8.54. The zero-order valence-corrected chi connectivity index (χ0v) is 13.8. The minimum atomic E-state index is -3.92. The molecule has 19 heavy (non-hydrogen) atoms. The van der Waals surface area contributed by atoms with E-state index in [9.17, 15) is 12.8 Å². The number of anilines is 1. The maximum Gasteiger partial charge on any atom is 0.246 e. The molecule has 0 amide bonds. The first-order valence-corrected chi connectivity index (χ1v) is 8.01. The van der Waals surface area contributed by atoms with Crippen LogP contribution < -0.4 is 5.73 Å². The SMILES string of the molecule is CCC(C)(C)N(C)S(=O)(=O)c1cc(N)c(Br)cc1F. The van der Waals surface area contributed by atoms with Gasteiger partial charge < -0.3 is 5.73 Å². The van der Waals surface area contributed by atoms with Gasteiger partial charge in [0.2, 0.25) is 10.0 Å². The molecule has 0 saturated heterocycles. The van der Waals surface area contributed by atoms with Gasteiger partial charge in [0.05, 0.1) is 0 Å². The normalized spacial score (nSPS) is 13.0. The highest BCUT2D eigenvalue weighted by atomic mass is 79.9. The summed E-state index contributed by atoms with van der Waals surface area (Å²) in [5, 5.41) is 0. The van der Waals surface area contributed by atoms with Crippen LogP contribution in [0, 0.1) is 5.82 Å². The highest BCUT2D eigenvalue weighted by molar-refractivity contribution is 9.10. The van der Waals surface area contributed by atoms with E-state index in [2.05, 4.69) is 15.9 Å². The van der Waals surface area contributed by atoms with Gasteiger partial charge in [0.15, 0.2) is 0 Å². The Morgan fingerprint density at radius 1 is 1.42 bits per heavy atom. The summed E-state index contributed by atoms with van der Waals surface area (Å²) < 4.78 is 40.3. The standard InChI is InChI=1S/C12H18BrFN2O2S/c1-5-12(2,3)16(4)19(17,18)11-7-10(15)8(13)6-9(11)14/h6-7H,5,15H2,1-4H3. The van der Waals surface area contributed by atoms with E-state index in [4.69, 9.17) is 5.73 Å². The molecule has 0 aliphatic carbocycles. The molecule has 0 heterocycles. The Bertz CT molecular complexity index is 588. The number of nitrogen functional groups attached to an aromatic ring is 1. The Balaban J connectivity index is 3.40. The Kier molecular flexibility index (Phi) is 4.64. The lowest BCUT2D eigenvalue weighted by Crippen LogP contribution is -2.44. The molecule has 0 aromatic heterocycles. The van der Waals surface area contributed by atoms with Crippen LogP contribution in [0.4, 0.5) is 10.1 Å². The number of sulfonamides is 1. The predicted molar refractivity (Wildman–Crippen MR) is 77.8 cm³/mol. The summed E-state index contributed by atoms with van der Waals surface area (Å²) in [6, 6.07) is 2.20. The number of nitrogens with zero attached hydrogens (tertiary/aromatic N) is 1. The molecule has 1 aromatic carbocycles. The van der Waals surface area contributed by atoms with Crippen molar-refractivity contribution in [1.29, 1.82) is 0 Å². The quantitative estimate of drug-likeness (QED) is 0.847. The third kappa shape index (κ3) is 3.09. The minimum Gasteiger partial charge on any atom is -0.398 e. The lowest BCUT2D eigenvalue weighted by molar-refractivity contribution is 0.256. The van der Waals surface area contributed by atoms with Gasteiger partial charge in [-0.3, -0.25) is 0 Å². The molecule has 0 atom stereocenters. The fourth-order valence-corrected chi connectivity index (χ4v) is 3.41. The maximum atomic E-state index is 13.9. The summed E-state index contributed by atoms with van der Waals surface area (Å²) in [6.45, 7) is 5.44. The van der Waals surface area contributed by atoms with E-state index in [1.54, 1.807) is 13.8 Å². The van der Waals surface area contributed by atoms with Gasteiger partial charge in [-0.1, -0.05) is 6.92 Å². The number of benzene rings is 1. The van der Waals surface area contributed by atoms with E-state index in [0.717, 1.165) is 12.1 Å². The van der Waals surface area contributed by atoms with E-state index in [-0.39, 0.29) is 5.69 Å². The molecule has 0 aliphatic heterocycles. The van der Waals surface area contributed by atoms with Gasteiger partial charge in [0.1, 0.15) is 10.7 Å². The summed E-state index contributed by atoms with van der Waals surface area (Å²) in [7, 11) is -2.48. The zero-order valence-electron chi connectivity index (χ0n) is 11.4. The van der Waals surface area contributed by atoms with E-state index in [1.165, 1.54) is 11.4 Å². The molecule has 0 fully saturated rings. The van der Waals surface area contributed by atoms with E-state index in [0.29, 0.717) is 10.9 Å². The monoisotopic (exact) mass is 352 g/mol. The smallest absolute Gasteiger partial charge is 0.246 e. The Hall–Kier alpha value is -0.660. The number of hydrogen-bond acceptors (Lipinski definition) is 3. The fraction of sp³-hybridized carbons (Fsp3) is 0.500. The summed E-state index contributed by atoms with van der Waals surface area (Å²) in [6.07, 6.45) is 0.607. The van der Waals surface area contributed by atoms with Crippen LogP contribution in [0.2, 0.25) is 0 Å². The summed E-state index contributed by atoms with van der Waals surface area (Å²) >= 11 is 3.06. The Labute approximate surface area is 122 Å². The number of hydrogen-bond donors (Lipinski definition) is 1. The molecular weight excluding hydrogens is 335 g/mol. The molecule has 0 aliphatic rings. The molecule has 108 valence electrons. The second-order valence-electron chi connectivity index (χ2n) is 4.94. The van der Waals surface area contributed by atoms with Gasteiger partial charge in [0.25, 0.3) is 0 Å². The van der Waals surface area contributed by atoms with Crippen molar-refractivity contribution in [3.8, 4) is 0 Å². The molecule has 7 heteroatoms. The van der Waals surface area contributed by atoms with Crippen LogP contribution in [0.5, 0.6) is 0 Å². The van der Waals surface area contributed by atoms with E-state index < -0.39 is 26.3 Å². The molecule has 0 spiro atoms. The molecule has 1 aromatic rings. The van der Waals surface area contributed by atoms with Gasteiger partial charge in [-0.25, -0.2) is 12.8 Å². The molecule has 4 nitrogen and oxygen atoms in total. The van der Waals surface area contributed by atoms with Gasteiger partial charge in [-0.15, -0.1) is 0 Å². The molecule has 0 radical (unpaired) electrons. The summed E-state index contributed by atoms with van der Waals surface area (Å²) in [5.74, 6) is -0.820. The molecular formula is C12H18BrFN2O2S. The largest absolute Gasteiger partial charge is 0.398 e. The van der Waals surface area contributed by atoms with Crippen molar-refractivity contribution < 1.29 is 12.8 Å². The molecule has 0 unspecified atom stereocenters. The lowest BCUT2D eigenvalue weighted by atomic mass is 10.0. The molecule has 0 saturated carbocycles. The van der Waals surface area contributed by atoms with Crippen LogP contribution in [0.1, 0.15) is 27.2 Å². The van der Waals surface area contributed by atoms with Crippen LogP contribution in [0.25, 0.3) is 0 Å². The van der Waals surface area contributed by atoms with Crippen LogP contribution in [0.3, 0.4) is 0 Å². The van der Waals surface area contributed by atoms with Crippen molar-refractivity contribution in [2.75, 3.05) is 12.8 Å². The highest BCUT2D eigenvalue weighted by Crippen LogP contribution is 2.30. The number of nitrogens with two attached hydrogens (primary N) is 1. The van der Waals surface area contributed by atoms with Crippen molar-refractivity contribution >= 4 is 31.6 Å². The summed E-state index contributed by atoms with van der Waals surface area (Å²) in [5.41, 5.74) is 5.21. The second-order valence-corrected chi connectivity index (χ2v) is 7.73. The van der Waals surface area contributed by atoms with Gasteiger partial charge in [-0.05, 0) is 48.3 Å². The average molecular weight is 353 g/mol. The molecule has 0 bridgehead atoms. The van der Waals surface area contributed by atoms with Crippen molar-refractivity contribution in [2.45, 2.75) is 37.6 Å². The Morgan fingerprint density at radius 3 is 2.42 bits per heavy atom. The van der Waals surface area contributed by atoms with Crippen LogP contribution in [-0.4, -0.2) is 25.3 Å². The van der Waals surface area contributed by atoms with Crippen molar-refractivity contribution in [2.24, 2.45) is 0 Å². The van der Waals surface area contributed by atoms with Crippen LogP contribution >= 0.6 is 15.9 Å². The lowest BCUT2D eigenvalue weighted by Gasteiger charge is -2.33. The van der Waals surface area contributed by atoms with Crippen molar-refractivity contribution in [3.05, 3.63) is 22.4 Å². The number of halogens is 2. The van der Waals surface area contributed by atoms with Crippen LogP contribution in [-0.2, 0) is 10.0 Å². The predicted octanol–water partition coefficient (Wildman–Crippen LogP) is 2.98. The Morgan fingerprint density at radius 2 is 1.95 bits per heavy atom.